The molecule has 30 heavy (non-hydrogen) atoms. The first-order chi connectivity index (χ1) is 14.0. The van der Waals surface area contributed by atoms with Crippen LogP contribution in [-0.2, 0) is 6.18 Å². The number of Topliss-reactive ketones (excluding diaryl/α,β-unsaturated/α-hetero) is 1. The summed E-state index contributed by atoms with van der Waals surface area (Å²) in [6.07, 6.45) is -3.03. The van der Waals surface area contributed by atoms with Crippen LogP contribution in [0.2, 0.25) is 10.0 Å². The van der Waals surface area contributed by atoms with Gasteiger partial charge in [0.15, 0.2) is 11.5 Å². The lowest BCUT2D eigenvalue weighted by Gasteiger charge is -2.31. The molecule has 0 unspecified atom stereocenters. The van der Waals surface area contributed by atoms with Crippen LogP contribution in [0, 0.1) is 5.92 Å². The summed E-state index contributed by atoms with van der Waals surface area (Å²) in [5.74, 6) is -1.19. The molecule has 1 fully saturated rings. The molecule has 10 heteroatoms. The average molecular weight is 462 g/mol. The number of likely N-dealkylation sites (tertiary alicyclic amines) is 1. The largest absolute Gasteiger partial charge is 0.433 e. The summed E-state index contributed by atoms with van der Waals surface area (Å²) in [4.78, 5) is 26.8. The van der Waals surface area contributed by atoms with E-state index in [4.69, 9.17) is 23.2 Å². The zero-order chi connectivity index (χ0) is 22.2. The number of ketones is 1. The maximum atomic E-state index is 13.6. The molecule has 1 aromatic heterocycles. The van der Waals surface area contributed by atoms with E-state index >= 15 is 0 Å². The first-order valence-corrected chi connectivity index (χ1v) is 10.2. The maximum Gasteiger partial charge on any atom is 0.433 e. The fourth-order valence-corrected chi connectivity index (χ4v) is 3.89. The number of halogens is 5. The number of alkyl halides is 3. The molecular formula is C20H20Cl2F3N3O2. The Morgan fingerprint density at radius 3 is 2.30 bits per heavy atom. The minimum absolute atomic E-state index is 0.121. The smallest absolute Gasteiger partial charge is 0.338 e. The molecule has 2 heterocycles. The average Bonchev–Trinajstić information content (AvgIpc) is 3.15. The van der Waals surface area contributed by atoms with Gasteiger partial charge in [-0.25, -0.2) is 0 Å². The number of piperidine rings is 1. The van der Waals surface area contributed by atoms with Crippen molar-refractivity contribution in [3.8, 4) is 0 Å². The molecule has 3 rings (SSSR count). The molecule has 0 radical (unpaired) electrons. The van der Waals surface area contributed by atoms with Gasteiger partial charge in [-0.15, -0.1) is 0 Å². The number of aromatic nitrogens is 2. The van der Waals surface area contributed by atoms with E-state index in [1.54, 1.807) is 26.0 Å². The highest BCUT2D eigenvalue weighted by atomic mass is 35.5. The van der Waals surface area contributed by atoms with Gasteiger partial charge in [0.05, 0.1) is 21.8 Å². The molecule has 1 saturated heterocycles. The van der Waals surface area contributed by atoms with Crippen LogP contribution in [0.1, 0.15) is 59.1 Å². The standard InChI is InChI=1S/C20H20Cl2F3N3O2/c1-11(2)28-18(20(23,24)25)14(10-26-28)19(30)27-7-5-12(6-8-27)17(29)13-3-4-15(21)16(22)9-13/h3-4,9-12H,5-8H2,1-2H3. The summed E-state index contributed by atoms with van der Waals surface area (Å²) in [7, 11) is 0. The van der Waals surface area contributed by atoms with Crippen LogP contribution in [0.4, 0.5) is 13.2 Å². The number of carbonyl (C=O) groups is 2. The Balaban J connectivity index is 1.73. The third-order valence-electron chi connectivity index (χ3n) is 5.14. The van der Waals surface area contributed by atoms with Crippen molar-refractivity contribution in [1.82, 2.24) is 14.7 Å². The van der Waals surface area contributed by atoms with Crippen LogP contribution in [0.3, 0.4) is 0 Å². The number of rotatable bonds is 4. The van der Waals surface area contributed by atoms with Crippen molar-refractivity contribution in [2.24, 2.45) is 5.92 Å². The second-order valence-electron chi connectivity index (χ2n) is 7.50. The lowest BCUT2D eigenvalue weighted by Crippen LogP contribution is -2.41. The first kappa shape index (κ1) is 22.6. The molecule has 0 bridgehead atoms. The lowest BCUT2D eigenvalue weighted by molar-refractivity contribution is -0.145. The van der Waals surface area contributed by atoms with Crippen molar-refractivity contribution in [2.45, 2.75) is 38.9 Å². The van der Waals surface area contributed by atoms with Crippen molar-refractivity contribution < 1.29 is 22.8 Å². The molecular weight excluding hydrogens is 442 g/mol. The van der Waals surface area contributed by atoms with E-state index in [0.29, 0.717) is 23.4 Å². The molecule has 1 amide bonds. The molecule has 0 spiro atoms. The van der Waals surface area contributed by atoms with E-state index < -0.39 is 29.4 Å². The minimum Gasteiger partial charge on any atom is -0.338 e. The third kappa shape index (κ3) is 4.49. The minimum atomic E-state index is -4.70. The maximum absolute atomic E-state index is 13.6. The van der Waals surface area contributed by atoms with Crippen LogP contribution >= 0.6 is 23.2 Å². The number of nitrogens with zero attached hydrogens (tertiary/aromatic N) is 3. The van der Waals surface area contributed by atoms with Crippen molar-refractivity contribution in [1.29, 1.82) is 0 Å². The van der Waals surface area contributed by atoms with E-state index in [0.717, 1.165) is 10.9 Å². The molecule has 0 N–H and O–H groups in total. The van der Waals surface area contributed by atoms with E-state index in [-0.39, 0.29) is 29.8 Å². The van der Waals surface area contributed by atoms with Gasteiger partial charge < -0.3 is 4.90 Å². The molecule has 0 atom stereocenters. The Morgan fingerprint density at radius 2 is 1.77 bits per heavy atom. The fraction of sp³-hybridized carbons (Fsp3) is 0.450. The lowest BCUT2D eigenvalue weighted by atomic mass is 9.88. The van der Waals surface area contributed by atoms with Crippen LogP contribution < -0.4 is 0 Å². The molecule has 0 aliphatic carbocycles. The quantitative estimate of drug-likeness (QED) is 0.562. The van der Waals surface area contributed by atoms with Crippen LogP contribution in [0.15, 0.2) is 24.4 Å². The summed E-state index contributed by atoms with van der Waals surface area (Å²) in [6.45, 7) is 3.49. The zero-order valence-electron chi connectivity index (χ0n) is 16.3. The molecule has 162 valence electrons. The van der Waals surface area contributed by atoms with E-state index in [9.17, 15) is 22.8 Å². The summed E-state index contributed by atoms with van der Waals surface area (Å²) >= 11 is 11.8. The monoisotopic (exact) mass is 461 g/mol. The van der Waals surface area contributed by atoms with Gasteiger partial charge in [0, 0.05) is 30.6 Å². The Labute approximate surface area is 181 Å². The Bertz CT molecular complexity index is 965. The SMILES string of the molecule is CC(C)n1ncc(C(=O)N2CCC(C(=O)c3ccc(Cl)c(Cl)c3)CC2)c1C(F)(F)F. The topological polar surface area (TPSA) is 55.2 Å². The van der Waals surface area contributed by atoms with Crippen molar-refractivity contribution in [3.63, 3.8) is 0 Å². The Morgan fingerprint density at radius 1 is 1.13 bits per heavy atom. The van der Waals surface area contributed by atoms with E-state index in [1.807, 2.05) is 0 Å². The van der Waals surface area contributed by atoms with Crippen molar-refractivity contribution >= 4 is 34.9 Å². The number of benzene rings is 1. The highest BCUT2D eigenvalue weighted by Gasteiger charge is 2.42. The van der Waals surface area contributed by atoms with Gasteiger partial charge in [-0.3, -0.25) is 14.3 Å². The molecule has 2 aromatic rings. The van der Waals surface area contributed by atoms with Gasteiger partial charge >= 0.3 is 6.18 Å². The number of carbonyl (C=O) groups excluding carboxylic acids is 2. The predicted octanol–water partition coefficient (Wildman–Crippen LogP) is 5.52. The van der Waals surface area contributed by atoms with E-state index in [1.165, 1.54) is 11.0 Å². The van der Waals surface area contributed by atoms with Crippen LogP contribution in [-0.4, -0.2) is 39.5 Å². The van der Waals surface area contributed by atoms with Crippen molar-refractivity contribution in [3.05, 3.63) is 51.3 Å². The number of amides is 1. The van der Waals surface area contributed by atoms with Gasteiger partial charge in [-0.05, 0) is 44.9 Å². The van der Waals surface area contributed by atoms with Gasteiger partial charge in [0.25, 0.3) is 5.91 Å². The van der Waals surface area contributed by atoms with Gasteiger partial charge in [-0.2, -0.15) is 18.3 Å². The van der Waals surface area contributed by atoms with Gasteiger partial charge in [0.1, 0.15) is 0 Å². The summed E-state index contributed by atoms with van der Waals surface area (Å²) in [5.41, 5.74) is -1.09. The zero-order valence-corrected chi connectivity index (χ0v) is 17.9. The Hall–Kier alpha value is -2.06. The molecule has 5 nitrogen and oxygen atoms in total. The predicted molar refractivity (Wildman–Crippen MR) is 107 cm³/mol. The molecule has 0 saturated carbocycles. The second-order valence-corrected chi connectivity index (χ2v) is 8.32. The van der Waals surface area contributed by atoms with Crippen LogP contribution in [0.25, 0.3) is 0 Å². The van der Waals surface area contributed by atoms with E-state index in [2.05, 4.69) is 5.10 Å². The third-order valence-corrected chi connectivity index (χ3v) is 5.88. The highest BCUT2D eigenvalue weighted by Crippen LogP contribution is 2.35. The number of hydrogen-bond donors (Lipinski definition) is 0. The summed E-state index contributed by atoms with van der Waals surface area (Å²) in [5, 5.41) is 4.39. The highest BCUT2D eigenvalue weighted by molar-refractivity contribution is 6.42. The fourth-order valence-electron chi connectivity index (χ4n) is 3.59. The molecule has 1 aliphatic rings. The second kappa shape index (κ2) is 8.59. The Kier molecular flexibility index (Phi) is 6.48. The molecule has 1 aromatic carbocycles. The van der Waals surface area contributed by atoms with Crippen molar-refractivity contribution in [2.75, 3.05) is 13.1 Å². The summed E-state index contributed by atoms with van der Waals surface area (Å²) < 4.78 is 41.5. The summed E-state index contributed by atoms with van der Waals surface area (Å²) in [6, 6.07) is 4.09. The van der Waals surface area contributed by atoms with Crippen LogP contribution in [0.5, 0.6) is 0 Å². The first-order valence-electron chi connectivity index (χ1n) is 9.44. The van der Waals surface area contributed by atoms with Gasteiger partial charge in [0.2, 0.25) is 0 Å². The normalized spacial score (nSPS) is 15.7. The molecule has 1 aliphatic heterocycles. The van der Waals surface area contributed by atoms with Gasteiger partial charge in [-0.1, -0.05) is 23.2 Å². The number of hydrogen-bond acceptors (Lipinski definition) is 3.